The predicted molar refractivity (Wildman–Crippen MR) is 116 cm³/mol. The van der Waals surface area contributed by atoms with Crippen LogP contribution in [0.3, 0.4) is 0 Å². The lowest BCUT2D eigenvalue weighted by atomic mass is 9.97. The topological polar surface area (TPSA) is 89.0 Å². The van der Waals surface area contributed by atoms with E-state index in [9.17, 15) is 9.59 Å². The quantitative estimate of drug-likeness (QED) is 0.583. The number of carboxylic acid groups (broad SMARTS) is 1. The number of carbonyl (C=O) groups excluding carboxylic acids is 1. The third kappa shape index (κ3) is 4.81. The van der Waals surface area contributed by atoms with Crippen molar-refractivity contribution in [3.8, 4) is 5.75 Å². The first-order valence-electron chi connectivity index (χ1n) is 9.56. The molecular formula is C22H19ClN2O5S. The third-order valence-corrected chi connectivity index (χ3v) is 6.04. The fourth-order valence-electron chi connectivity index (χ4n) is 3.50. The molecule has 0 spiro atoms. The maximum Gasteiger partial charge on any atom is 0.410 e. The first kappa shape index (κ1) is 21.1. The van der Waals surface area contributed by atoms with Crippen LogP contribution in [0.25, 0.3) is 0 Å². The number of aliphatic carboxylic acids is 1. The Morgan fingerprint density at radius 2 is 2.03 bits per heavy atom. The summed E-state index contributed by atoms with van der Waals surface area (Å²) in [5, 5.41) is 9.48. The van der Waals surface area contributed by atoms with Crippen molar-refractivity contribution in [2.24, 2.45) is 0 Å². The van der Waals surface area contributed by atoms with Gasteiger partial charge >= 0.3 is 12.1 Å². The SMILES string of the molecule is O=C(O)COc1ccc(Cl)cc1[C@@H]1c2scnc2CCN1C(=O)OCc1ccccc1. The highest BCUT2D eigenvalue weighted by Crippen LogP contribution is 2.42. The Labute approximate surface area is 187 Å². The van der Waals surface area contributed by atoms with E-state index >= 15 is 0 Å². The molecule has 7 nitrogen and oxygen atoms in total. The highest BCUT2D eigenvalue weighted by atomic mass is 35.5. The van der Waals surface area contributed by atoms with Crippen molar-refractivity contribution in [3.05, 3.63) is 80.8 Å². The second-order valence-corrected chi connectivity index (χ2v) is 8.24. The van der Waals surface area contributed by atoms with E-state index in [1.807, 2.05) is 30.3 Å². The van der Waals surface area contributed by atoms with Gasteiger partial charge in [0, 0.05) is 23.6 Å². The van der Waals surface area contributed by atoms with Crippen LogP contribution in [0.15, 0.2) is 54.0 Å². The van der Waals surface area contributed by atoms with Crippen molar-refractivity contribution < 1.29 is 24.2 Å². The molecule has 1 aliphatic rings. The van der Waals surface area contributed by atoms with Crippen LogP contribution in [0, 0.1) is 0 Å². The number of thiazole rings is 1. The largest absolute Gasteiger partial charge is 0.482 e. The van der Waals surface area contributed by atoms with Gasteiger partial charge in [-0.25, -0.2) is 14.6 Å². The Morgan fingerprint density at radius 1 is 1.23 bits per heavy atom. The summed E-state index contributed by atoms with van der Waals surface area (Å²) < 4.78 is 11.1. The van der Waals surface area contributed by atoms with Crippen molar-refractivity contribution in [2.45, 2.75) is 19.1 Å². The number of benzene rings is 2. The second kappa shape index (κ2) is 9.36. The van der Waals surface area contributed by atoms with Crippen LogP contribution in [0.2, 0.25) is 5.02 Å². The summed E-state index contributed by atoms with van der Waals surface area (Å²) in [5.74, 6) is -0.749. The fourth-order valence-corrected chi connectivity index (χ4v) is 4.65. The summed E-state index contributed by atoms with van der Waals surface area (Å²) in [7, 11) is 0. The van der Waals surface area contributed by atoms with E-state index < -0.39 is 24.7 Å². The van der Waals surface area contributed by atoms with Crippen molar-refractivity contribution in [2.75, 3.05) is 13.2 Å². The number of ether oxygens (including phenoxy) is 2. The molecule has 4 rings (SSSR count). The molecule has 0 saturated heterocycles. The second-order valence-electron chi connectivity index (χ2n) is 6.91. The summed E-state index contributed by atoms with van der Waals surface area (Å²) in [6.07, 6.45) is 0.124. The molecule has 1 aliphatic heterocycles. The molecule has 0 aliphatic carbocycles. The van der Waals surface area contributed by atoms with E-state index in [0.717, 1.165) is 16.1 Å². The zero-order valence-corrected chi connectivity index (χ0v) is 17.9. The zero-order valence-electron chi connectivity index (χ0n) is 16.4. The number of hydrogen-bond donors (Lipinski definition) is 1. The highest BCUT2D eigenvalue weighted by Gasteiger charge is 2.36. The minimum atomic E-state index is -1.10. The van der Waals surface area contributed by atoms with Crippen LogP contribution in [0.4, 0.5) is 4.79 Å². The molecule has 160 valence electrons. The fraction of sp³-hybridized carbons (Fsp3) is 0.227. The Kier molecular flexibility index (Phi) is 6.39. The van der Waals surface area contributed by atoms with Gasteiger partial charge in [-0.3, -0.25) is 4.90 Å². The van der Waals surface area contributed by atoms with E-state index in [-0.39, 0.29) is 6.61 Å². The number of nitrogens with zero attached hydrogens (tertiary/aromatic N) is 2. The number of halogens is 1. The number of hydrogen-bond acceptors (Lipinski definition) is 6. The Hall–Kier alpha value is -3.10. The lowest BCUT2D eigenvalue weighted by Crippen LogP contribution is -2.40. The van der Waals surface area contributed by atoms with Crippen LogP contribution in [-0.4, -0.2) is 40.2 Å². The smallest absolute Gasteiger partial charge is 0.410 e. The lowest BCUT2D eigenvalue weighted by Gasteiger charge is -2.35. The number of carboxylic acids is 1. The van der Waals surface area contributed by atoms with E-state index in [2.05, 4.69) is 4.98 Å². The first-order valence-corrected chi connectivity index (χ1v) is 10.8. The molecule has 0 bridgehead atoms. The summed E-state index contributed by atoms with van der Waals surface area (Å²) in [4.78, 5) is 31.0. The van der Waals surface area contributed by atoms with Crippen molar-refractivity contribution >= 4 is 35.0 Å². The molecule has 0 radical (unpaired) electrons. The first-order chi connectivity index (χ1) is 15.0. The Bertz CT molecular complexity index is 1090. The molecule has 9 heteroatoms. The van der Waals surface area contributed by atoms with Crippen LogP contribution < -0.4 is 4.74 Å². The van der Waals surface area contributed by atoms with Gasteiger partial charge in [0.25, 0.3) is 0 Å². The molecular weight excluding hydrogens is 440 g/mol. The molecule has 2 aromatic carbocycles. The van der Waals surface area contributed by atoms with Crippen molar-refractivity contribution in [1.29, 1.82) is 0 Å². The van der Waals surface area contributed by atoms with Gasteiger partial charge < -0.3 is 14.6 Å². The molecule has 1 amide bonds. The molecule has 1 aromatic heterocycles. The predicted octanol–water partition coefficient (Wildman–Crippen LogP) is 4.54. The molecule has 31 heavy (non-hydrogen) atoms. The maximum absolute atomic E-state index is 13.1. The average molecular weight is 459 g/mol. The van der Waals surface area contributed by atoms with Crippen LogP contribution in [0.1, 0.15) is 27.7 Å². The van der Waals surface area contributed by atoms with Gasteiger partial charge in [-0.05, 0) is 23.8 Å². The van der Waals surface area contributed by atoms with Crippen molar-refractivity contribution in [1.82, 2.24) is 9.88 Å². The molecule has 1 atom stereocenters. The van der Waals surface area contributed by atoms with Crippen LogP contribution >= 0.6 is 22.9 Å². The van der Waals surface area contributed by atoms with Gasteiger partial charge in [0.05, 0.1) is 16.1 Å². The minimum absolute atomic E-state index is 0.149. The highest BCUT2D eigenvalue weighted by molar-refractivity contribution is 7.09. The minimum Gasteiger partial charge on any atom is -0.482 e. The summed E-state index contributed by atoms with van der Waals surface area (Å²) >= 11 is 7.68. The van der Waals surface area contributed by atoms with Gasteiger partial charge in [0.1, 0.15) is 18.4 Å². The Balaban J connectivity index is 1.66. The summed E-state index contributed by atoms with van der Waals surface area (Å²) in [6, 6.07) is 13.8. The molecule has 0 saturated carbocycles. The monoisotopic (exact) mass is 458 g/mol. The van der Waals surface area contributed by atoms with Gasteiger partial charge in [0.15, 0.2) is 6.61 Å². The molecule has 3 aromatic rings. The Morgan fingerprint density at radius 3 is 2.81 bits per heavy atom. The van der Waals surface area contributed by atoms with Crippen molar-refractivity contribution in [3.63, 3.8) is 0 Å². The van der Waals surface area contributed by atoms with Crippen LogP contribution in [0.5, 0.6) is 5.75 Å². The normalized spacial score (nSPS) is 15.3. The van der Waals surface area contributed by atoms with Gasteiger partial charge in [-0.2, -0.15) is 0 Å². The third-order valence-electron chi connectivity index (χ3n) is 4.88. The van der Waals surface area contributed by atoms with E-state index in [1.54, 1.807) is 28.6 Å². The lowest BCUT2D eigenvalue weighted by molar-refractivity contribution is -0.139. The molecule has 0 fully saturated rings. The maximum atomic E-state index is 13.1. The van der Waals surface area contributed by atoms with Gasteiger partial charge in [-0.1, -0.05) is 41.9 Å². The average Bonchev–Trinajstić information content (AvgIpc) is 3.25. The summed E-state index contributed by atoms with van der Waals surface area (Å²) in [5.41, 5.74) is 4.11. The number of fused-ring (bicyclic) bond motifs is 1. The molecule has 1 N–H and O–H groups in total. The summed E-state index contributed by atoms with van der Waals surface area (Å²) in [6.45, 7) is 0.0472. The van der Waals surface area contributed by atoms with Gasteiger partial charge in [0.2, 0.25) is 0 Å². The molecule has 0 unspecified atom stereocenters. The number of rotatable bonds is 6. The van der Waals surface area contributed by atoms with E-state index in [0.29, 0.717) is 29.3 Å². The zero-order chi connectivity index (χ0) is 21.8. The number of aromatic nitrogens is 1. The molecule has 2 heterocycles. The van der Waals surface area contributed by atoms with E-state index in [1.165, 1.54) is 11.3 Å². The van der Waals surface area contributed by atoms with Crippen LogP contribution in [-0.2, 0) is 22.6 Å². The number of carbonyl (C=O) groups is 2. The van der Waals surface area contributed by atoms with Gasteiger partial charge in [-0.15, -0.1) is 11.3 Å². The van der Waals surface area contributed by atoms with E-state index in [4.69, 9.17) is 26.2 Å². The standard InChI is InChI=1S/C22H19ClN2O5S/c23-15-6-7-18(29-12-19(26)27)16(10-15)20-21-17(24-13-31-21)8-9-25(20)22(28)30-11-14-4-2-1-3-5-14/h1-7,10,13,20H,8-9,11-12H2,(H,26,27)/t20-/m1/s1. The number of amides is 1.